The molecule has 1 N–H and O–H groups in total. The molecule has 0 atom stereocenters. The topological polar surface area (TPSA) is 112 Å². The van der Waals surface area contributed by atoms with Crippen LogP contribution < -0.4 is 4.31 Å². The van der Waals surface area contributed by atoms with Crippen LogP contribution in [0, 0.1) is 6.92 Å². The Morgan fingerprint density at radius 1 is 1.07 bits per heavy atom. The van der Waals surface area contributed by atoms with Crippen molar-refractivity contribution in [3.63, 3.8) is 0 Å². The van der Waals surface area contributed by atoms with Crippen molar-refractivity contribution < 1.29 is 26.7 Å². The number of sulfonamides is 2. The number of carboxylic acids is 1. The van der Waals surface area contributed by atoms with Gasteiger partial charge in [-0.2, -0.15) is 4.31 Å². The van der Waals surface area contributed by atoms with Crippen LogP contribution in [0.25, 0.3) is 0 Å². The van der Waals surface area contributed by atoms with Crippen LogP contribution in [0.4, 0.5) is 5.69 Å². The molecule has 1 heterocycles. The number of benzene rings is 2. The molecule has 3 rings (SSSR count). The Morgan fingerprint density at radius 3 is 2.33 bits per heavy atom. The molecule has 0 bridgehead atoms. The summed E-state index contributed by atoms with van der Waals surface area (Å²) in [5.74, 6) is -1.21. The zero-order valence-electron chi connectivity index (χ0n) is 17.0. The maximum absolute atomic E-state index is 13.3. The number of aryl methyl sites for hydroxylation is 1. The number of carbonyl (C=O) groups is 1. The lowest BCUT2D eigenvalue weighted by atomic mass is 10.1. The summed E-state index contributed by atoms with van der Waals surface area (Å²) in [6.07, 6.45) is 0.369. The summed E-state index contributed by atoms with van der Waals surface area (Å²) >= 11 is 0. The Hall–Kier alpha value is -2.43. The molecule has 162 valence electrons. The summed E-state index contributed by atoms with van der Waals surface area (Å²) in [4.78, 5) is 11.3. The summed E-state index contributed by atoms with van der Waals surface area (Å²) in [7, 11) is -7.65. The Bertz CT molecular complexity index is 1200. The van der Waals surface area contributed by atoms with E-state index in [9.17, 15) is 26.7 Å². The van der Waals surface area contributed by atoms with E-state index in [0.29, 0.717) is 36.3 Å². The van der Waals surface area contributed by atoms with Crippen LogP contribution in [0.1, 0.15) is 35.3 Å². The van der Waals surface area contributed by atoms with Crippen molar-refractivity contribution in [1.82, 2.24) is 4.31 Å². The highest BCUT2D eigenvalue weighted by Gasteiger charge is 2.33. The normalized spacial score (nSPS) is 14.2. The number of rotatable bonds is 7. The molecule has 0 spiro atoms. The molecule has 0 aromatic heterocycles. The number of carboxylic acid groups (broad SMARTS) is 1. The molecule has 0 aliphatic carbocycles. The predicted molar refractivity (Wildman–Crippen MR) is 113 cm³/mol. The van der Waals surface area contributed by atoms with Crippen LogP contribution in [0.5, 0.6) is 0 Å². The maximum atomic E-state index is 13.3. The van der Waals surface area contributed by atoms with Crippen molar-refractivity contribution in [2.24, 2.45) is 0 Å². The third kappa shape index (κ3) is 3.70. The van der Waals surface area contributed by atoms with Crippen molar-refractivity contribution in [2.75, 3.05) is 23.9 Å². The summed E-state index contributed by atoms with van der Waals surface area (Å²) < 4.78 is 54.7. The Morgan fingerprint density at radius 2 is 1.73 bits per heavy atom. The van der Waals surface area contributed by atoms with Gasteiger partial charge in [-0.25, -0.2) is 21.6 Å². The molecule has 30 heavy (non-hydrogen) atoms. The molecule has 0 saturated heterocycles. The molecule has 1 aliphatic rings. The zero-order chi connectivity index (χ0) is 22.3. The molecule has 0 radical (unpaired) electrons. The minimum absolute atomic E-state index is 0.0740. The summed E-state index contributed by atoms with van der Waals surface area (Å²) in [5, 5.41) is 9.21. The van der Waals surface area contributed by atoms with Crippen LogP contribution in [-0.2, 0) is 26.5 Å². The summed E-state index contributed by atoms with van der Waals surface area (Å²) in [5.41, 5.74) is 1.36. The number of aromatic carboxylic acids is 1. The van der Waals surface area contributed by atoms with Gasteiger partial charge in [0.05, 0.1) is 21.0 Å². The second-order valence-corrected chi connectivity index (χ2v) is 10.8. The van der Waals surface area contributed by atoms with E-state index >= 15 is 0 Å². The van der Waals surface area contributed by atoms with E-state index in [-0.39, 0.29) is 21.9 Å². The third-order valence-corrected chi connectivity index (χ3v) is 9.25. The van der Waals surface area contributed by atoms with Gasteiger partial charge < -0.3 is 5.11 Å². The second-order valence-electron chi connectivity index (χ2n) is 6.99. The maximum Gasteiger partial charge on any atom is 0.335 e. The molecular weight excluding hydrogens is 428 g/mol. The van der Waals surface area contributed by atoms with Gasteiger partial charge in [-0.15, -0.1) is 0 Å². The molecular formula is C20H24N2O6S2. The molecule has 8 nitrogen and oxygen atoms in total. The van der Waals surface area contributed by atoms with Crippen molar-refractivity contribution in [2.45, 2.75) is 37.0 Å². The van der Waals surface area contributed by atoms with Gasteiger partial charge in [-0.3, -0.25) is 4.31 Å². The Balaban J connectivity index is 2.04. The average Bonchev–Trinajstić information content (AvgIpc) is 3.12. The van der Waals surface area contributed by atoms with E-state index in [2.05, 4.69) is 0 Å². The van der Waals surface area contributed by atoms with Crippen LogP contribution in [-0.4, -0.2) is 51.9 Å². The summed E-state index contributed by atoms with van der Waals surface area (Å²) in [6.45, 7) is 5.97. The van der Waals surface area contributed by atoms with Gasteiger partial charge in [-0.1, -0.05) is 19.9 Å². The fourth-order valence-corrected chi connectivity index (χ4v) is 6.87. The Labute approximate surface area is 176 Å². The van der Waals surface area contributed by atoms with E-state index in [1.54, 1.807) is 20.8 Å². The lowest BCUT2D eigenvalue weighted by Gasteiger charge is -2.22. The fraction of sp³-hybridized carbons (Fsp3) is 0.350. The minimum atomic E-state index is -4.00. The van der Waals surface area contributed by atoms with Crippen molar-refractivity contribution >= 4 is 31.7 Å². The number of hydrogen-bond donors (Lipinski definition) is 1. The van der Waals surface area contributed by atoms with Crippen LogP contribution in [0.2, 0.25) is 0 Å². The van der Waals surface area contributed by atoms with Crippen molar-refractivity contribution in [1.29, 1.82) is 0 Å². The Kier molecular flexibility index (Phi) is 5.94. The first-order chi connectivity index (χ1) is 14.0. The highest BCUT2D eigenvalue weighted by atomic mass is 32.2. The van der Waals surface area contributed by atoms with Gasteiger partial charge in [0.15, 0.2) is 0 Å². The molecule has 0 unspecified atom stereocenters. The van der Waals surface area contributed by atoms with E-state index in [1.807, 2.05) is 0 Å². The van der Waals surface area contributed by atoms with E-state index in [0.717, 1.165) is 6.07 Å². The van der Waals surface area contributed by atoms with Gasteiger partial charge in [-0.05, 0) is 54.8 Å². The third-order valence-electron chi connectivity index (χ3n) is 5.25. The lowest BCUT2D eigenvalue weighted by molar-refractivity contribution is 0.0696. The van der Waals surface area contributed by atoms with Gasteiger partial charge in [0.1, 0.15) is 0 Å². The van der Waals surface area contributed by atoms with Gasteiger partial charge in [0.25, 0.3) is 10.0 Å². The highest BCUT2D eigenvalue weighted by Crippen LogP contribution is 2.36. The minimum Gasteiger partial charge on any atom is -0.478 e. The van der Waals surface area contributed by atoms with E-state index in [1.165, 1.54) is 38.9 Å². The molecule has 2 aromatic rings. The number of anilines is 1. The molecule has 0 saturated carbocycles. The van der Waals surface area contributed by atoms with Gasteiger partial charge in [0, 0.05) is 19.6 Å². The highest BCUT2D eigenvalue weighted by molar-refractivity contribution is 7.93. The summed E-state index contributed by atoms with van der Waals surface area (Å²) in [6, 6.07) is 8.43. The smallest absolute Gasteiger partial charge is 0.335 e. The predicted octanol–water partition coefficient (Wildman–Crippen LogP) is 2.48. The monoisotopic (exact) mass is 452 g/mol. The SMILES string of the molecule is CCN(CC)S(=O)(=O)c1ccc2c(c1)CCN2S(=O)(=O)c1cc(C(=O)O)ccc1C. The quantitative estimate of drug-likeness (QED) is 0.691. The second kappa shape index (κ2) is 8.01. The van der Waals surface area contributed by atoms with E-state index < -0.39 is 26.0 Å². The van der Waals surface area contributed by atoms with Crippen molar-refractivity contribution in [3.8, 4) is 0 Å². The van der Waals surface area contributed by atoms with Gasteiger partial charge in [0.2, 0.25) is 10.0 Å². The number of nitrogens with zero attached hydrogens (tertiary/aromatic N) is 2. The van der Waals surface area contributed by atoms with Gasteiger partial charge >= 0.3 is 5.97 Å². The molecule has 1 aliphatic heterocycles. The lowest BCUT2D eigenvalue weighted by Crippen LogP contribution is -2.31. The van der Waals surface area contributed by atoms with Crippen LogP contribution in [0.3, 0.4) is 0 Å². The molecule has 0 fully saturated rings. The number of fused-ring (bicyclic) bond motifs is 1. The molecule has 10 heteroatoms. The zero-order valence-corrected chi connectivity index (χ0v) is 18.6. The fourth-order valence-electron chi connectivity index (χ4n) is 3.60. The largest absolute Gasteiger partial charge is 0.478 e. The first-order valence-corrected chi connectivity index (χ1v) is 12.4. The molecule has 0 amide bonds. The number of hydrogen-bond acceptors (Lipinski definition) is 5. The first kappa shape index (κ1) is 22.3. The standard InChI is InChI=1S/C20H24N2O6S2/c1-4-21(5-2)29(25,26)17-8-9-18-15(12-17)10-11-22(18)30(27,28)19-13-16(20(23)24)7-6-14(19)3/h6-9,12-13H,4-5,10-11H2,1-3H3,(H,23,24). The van der Waals surface area contributed by atoms with E-state index in [4.69, 9.17) is 0 Å². The molecule has 2 aromatic carbocycles. The van der Waals surface area contributed by atoms with Crippen LogP contribution >= 0.6 is 0 Å². The van der Waals surface area contributed by atoms with Crippen LogP contribution in [0.15, 0.2) is 46.2 Å². The average molecular weight is 453 g/mol. The van der Waals surface area contributed by atoms with Crippen molar-refractivity contribution in [3.05, 3.63) is 53.1 Å². The first-order valence-electron chi connectivity index (χ1n) is 9.53.